The Labute approximate surface area is 128 Å². The highest BCUT2D eigenvalue weighted by atomic mass is 32.1. The van der Waals surface area contributed by atoms with Gasteiger partial charge in [0.15, 0.2) is 5.13 Å². The van der Waals surface area contributed by atoms with Crippen LogP contribution in [0.2, 0.25) is 0 Å². The summed E-state index contributed by atoms with van der Waals surface area (Å²) in [5.74, 6) is 0.00307. The summed E-state index contributed by atoms with van der Waals surface area (Å²) in [5.41, 5.74) is 0.436. The van der Waals surface area contributed by atoms with Gasteiger partial charge in [0.2, 0.25) is 0 Å². The third-order valence-electron chi connectivity index (χ3n) is 3.67. The Balaban J connectivity index is 2.16. The maximum atomic E-state index is 12.4. The first kappa shape index (κ1) is 15.7. The number of aliphatic hydroxyl groups excluding tert-OH is 1. The molecule has 0 saturated carbocycles. The zero-order chi connectivity index (χ0) is 15.4. The van der Waals surface area contributed by atoms with Gasteiger partial charge in [0.25, 0.3) is 5.91 Å². The zero-order valence-corrected chi connectivity index (χ0v) is 13.4. The van der Waals surface area contributed by atoms with Crippen LogP contribution < -0.4 is 5.32 Å². The second-order valence-corrected chi connectivity index (χ2v) is 6.32. The summed E-state index contributed by atoms with van der Waals surface area (Å²) in [6.07, 6.45) is 4.70. The van der Waals surface area contributed by atoms with Crippen LogP contribution in [0.15, 0.2) is 24.5 Å². The summed E-state index contributed by atoms with van der Waals surface area (Å²) in [7, 11) is 0. The van der Waals surface area contributed by atoms with Crippen LogP contribution in [0.5, 0.6) is 0 Å². The van der Waals surface area contributed by atoms with E-state index in [-0.39, 0.29) is 24.5 Å². The summed E-state index contributed by atoms with van der Waals surface area (Å²) in [6.45, 7) is 5.88. The Morgan fingerprint density at radius 3 is 2.71 bits per heavy atom. The maximum Gasteiger partial charge on any atom is 0.271 e. The summed E-state index contributed by atoms with van der Waals surface area (Å²) in [4.78, 5) is 17.6. The molecule has 0 radical (unpaired) electrons. The third kappa shape index (κ3) is 3.51. The molecule has 2 rings (SSSR count). The number of nitrogens with one attached hydrogen (secondary N) is 1. The van der Waals surface area contributed by atoms with Gasteiger partial charge in [0, 0.05) is 17.3 Å². The molecule has 0 spiro atoms. The second kappa shape index (κ2) is 6.87. The van der Waals surface area contributed by atoms with Crippen LogP contribution in [0.1, 0.15) is 35.6 Å². The first-order valence-corrected chi connectivity index (χ1v) is 7.91. The quantitative estimate of drug-likeness (QED) is 0.861. The summed E-state index contributed by atoms with van der Waals surface area (Å²) in [6, 6.07) is 3.60. The minimum Gasteiger partial charge on any atom is -0.394 e. The molecule has 0 unspecified atom stereocenters. The van der Waals surface area contributed by atoms with E-state index in [1.54, 1.807) is 0 Å². The van der Waals surface area contributed by atoms with E-state index in [9.17, 15) is 9.90 Å². The fourth-order valence-corrected chi connectivity index (χ4v) is 2.93. The van der Waals surface area contributed by atoms with Crippen LogP contribution >= 0.6 is 11.3 Å². The van der Waals surface area contributed by atoms with Crippen molar-refractivity contribution < 1.29 is 9.90 Å². The lowest BCUT2D eigenvalue weighted by atomic mass is 10.00. The molecule has 0 aliphatic rings. The van der Waals surface area contributed by atoms with Gasteiger partial charge in [-0.25, -0.2) is 4.98 Å². The summed E-state index contributed by atoms with van der Waals surface area (Å²) >= 11 is 1.48. The smallest absolute Gasteiger partial charge is 0.271 e. The van der Waals surface area contributed by atoms with Crippen LogP contribution in [-0.2, 0) is 0 Å². The maximum absolute atomic E-state index is 12.4. The van der Waals surface area contributed by atoms with E-state index in [0.717, 1.165) is 16.4 Å². The standard InChI is InChI=1S/C15H21N3O2S/c1-4-10(2)12(9-19)16-14(20)13-11(3)21-15(17-13)18-7-5-6-8-18/h5-8,10,12,19H,4,9H2,1-3H3,(H,16,20)/t10-,12-/m1/s1. The number of aromatic nitrogens is 2. The number of rotatable bonds is 6. The number of aryl methyl sites for hydroxylation is 1. The van der Waals surface area contributed by atoms with Crippen molar-refractivity contribution in [1.82, 2.24) is 14.9 Å². The molecule has 0 aromatic carbocycles. The number of nitrogens with zero attached hydrogens (tertiary/aromatic N) is 2. The lowest BCUT2D eigenvalue weighted by molar-refractivity contribution is 0.0886. The zero-order valence-electron chi connectivity index (χ0n) is 12.5. The van der Waals surface area contributed by atoms with Gasteiger partial charge < -0.3 is 15.0 Å². The molecular weight excluding hydrogens is 286 g/mol. The Morgan fingerprint density at radius 2 is 2.14 bits per heavy atom. The van der Waals surface area contributed by atoms with E-state index in [1.807, 2.05) is 49.9 Å². The van der Waals surface area contributed by atoms with Crippen molar-refractivity contribution in [2.45, 2.75) is 33.2 Å². The summed E-state index contributed by atoms with van der Waals surface area (Å²) < 4.78 is 1.88. The number of carbonyl (C=O) groups excluding carboxylic acids is 1. The van der Waals surface area contributed by atoms with Crippen LogP contribution in [0, 0.1) is 12.8 Å². The monoisotopic (exact) mass is 307 g/mol. The van der Waals surface area contributed by atoms with Crippen molar-refractivity contribution in [3.8, 4) is 5.13 Å². The topological polar surface area (TPSA) is 67.2 Å². The predicted octanol–water partition coefficient (Wildman–Crippen LogP) is 2.38. The average Bonchev–Trinajstić information content (AvgIpc) is 3.12. The SMILES string of the molecule is CC[C@@H](C)[C@@H](CO)NC(=O)c1nc(-n2cccc2)sc1C. The molecular formula is C15H21N3O2S. The minimum absolute atomic E-state index is 0.0611. The van der Waals surface area contributed by atoms with Gasteiger partial charge in [-0.05, 0) is 25.0 Å². The number of carbonyl (C=O) groups is 1. The highest BCUT2D eigenvalue weighted by Crippen LogP contribution is 2.21. The van der Waals surface area contributed by atoms with Crippen LogP contribution in [0.4, 0.5) is 0 Å². The van der Waals surface area contributed by atoms with E-state index < -0.39 is 0 Å². The van der Waals surface area contributed by atoms with Gasteiger partial charge in [-0.1, -0.05) is 20.3 Å². The third-order valence-corrected chi connectivity index (χ3v) is 4.65. The molecule has 0 aliphatic carbocycles. The molecule has 2 aromatic rings. The van der Waals surface area contributed by atoms with E-state index in [2.05, 4.69) is 10.3 Å². The molecule has 2 aromatic heterocycles. The van der Waals surface area contributed by atoms with Gasteiger partial charge >= 0.3 is 0 Å². The number of hydrogen-bond acceptors (Lipinski definition) is 4. The highest BCUT2D eigenvalue weighted by Gasteiger charge is 2.22. The van der Waals surface area contributed by atoms with Crippen LogP contribution in [-0.4, -0.2) is 33.2 Å². The molecule has 0 bridgehead atoms. The Kier molecular flexibility index (Phi) is 5.14. The van der Waals surface area contributed by atoms with Crippen molar-refractivity contribution in [3.05, 3.63) is 35.1 Å². The first-order valence-electron chi connectivity index (χ1n) is 7.09. The fraction of sp³-hybridized carbons (Fsp3) is 0.467. The first-order chi connectivity index (χ1) is 10.1. The van der Waals surface area contributed by atoms with Crippen molar-refractivity contribution in [2.24, 2.45) is 5.92 Å². The van der Waals surface area contributed by atoms with Crippen LogP contribution in [0.3, 0.4) is 0 Å². The minimum atomic E-state index is -0.237. The molecule has 2 N–H and O–H groups in total. The van der Waals surface area contributed by atoms with E-state index in [0.29, 0.717) is 5.69 Å². The molecule has 0 fully saturated rings. The molecule has 1 amide bonds. The van der Waals surface area contributed by atoms with Gasteiger partial charge in [-0.2, -0.15) is 0 Å². The molecule has 114 valence electrons. The normalized spacial score (nSPS) is 13.9. The molecule has 0 aliphatic heterocycles. The van der Waals surface area contributed by atoms with Crippen molar-refractivity contribution >= 4 is 17.2 Å². The summed E-state index contributed by atoms with van der Waals surface area (Å²) in [5, 5.41) is 13.1. The molecule has 2 heterocycles. The van der Waals surface area contributed by atoms with Crippen molar-refractivity contribution in [2.75, 3.05) is 6.61 Å². The highest BCUT2D eigenvalue weighted by molar-refractivity contribution is 7.14. The lowest BCUT2D eigenvalue weighted by Gasteiger charge is -2.21. The number of thiazole rings is 1. The Hall–Kier alpha value is -1.66. The Bertz CT molecular complexity index is 592. The number of hydrogen-bond donors (Lipinski definition) is 2. The lowest BCUT2D eigenvalue weighted by Crippen LogP contribution is -2.42. The molecule has 2 atom stereocenters. The van der Waals surface area contributed by atoms with Gasteiger partial charge in [0.1, 0.15) is 5.69 Å². The van der Waals surface area contributed by atoms with Gasteiger partial charge in [-0.15, -0.1) is 11.3 Å². The van der Waals surface area contributed by atoms with E-state index in [1.165, 1.54) is 11.3 Å². The van der Waals surface area contributed by atoms with Crippen molar-refractivity contribution in [3.63, 3.8) is 0 Å². The molecule has 6 heteroatoms. The second-order valence-electron chi connectivity index (χ2n) is 5.14. The van der Waals surface area contributed by atoms with Gasteiger partial charge in [0.05, 0.1) is 12.6 Å². The average molecular weight is 307 g/mol. The van der Waals surface area contributed by atoms with Crippen LogP contribution in [0.25, 0.3) is 5.13 Å². The molecule has 21 heavy (non-hydrogen) atoms. The predicted molar refractivity (Wildman–Crippen MR) is 84.0 cm³/mol. The van der Waals surface area contributed by atoms with Crippen molar-refractivity contribution in [1.29, 1.82) is 0 Å². The number of aliphatic hydroxyl groups is 1. The Morgan fingerprint density at radius 1 is 1.48 bits per heavy atom. The largest absolute Gasteiger partial charge is 0.394 e. The fourth-order valence-electron chi connectivity index (χ4n) is 2.05. The van der Waals surface area contributed by atoms with E-state index >= 15 is 0 Å². The number of amides is 1. The molecule has 0 saturated heterocycles. The molecule has 5 nitrogen and oxygen atoms in total. The van der Waals surface area contributed by atoms with Gasteiger partial charge in [-0.3, -0.25) is 4.79 Å². The van der Waals surface area contributed by atoms with E-state index in [4.69, 9.17) is 0 Å².